The van der Waals surface area contributed by atoms with Crippen molar-refractivity contribution >= 4 is 0 Å². The van der Waals surface area contributed by atoms with Gasteiger partial charge in [-0.3, -0.25) is 0 Å². The summed E-state index contributed by atoms with van der Waals surface area (Å²) in [5, 5.41) is 0. The minimum Gasteiger partial charge on any atom is -0.494 e. The lowest BCUT2D eigenvalue weighted by atomic mass is 10.0. The number of benzene rings is 1. The van der Waals surface area contributed by atoms with E-state index >= 15 is 0 Å². The van der Waals surface area contributed by atoms with Crippen molar-refractivity contribution in [3.05, 3.63) is 29.8 Å². The fourth-order valence-corrected chi connectivity index (χ4v) is 2.70. The largest absolute Gasteiger partial charge is 0.494 e. The van der Waals surface area contributed by atoms with Gasteiger partial charge in [-0.2, -0.15) is 0 Å². The van der Waals surface area contributed by atoms with E-state index in [1.807, 2.05) is 0 Å². The zero-order valence-electron chi connectivity index (χ0n) is 11.6. The predicted octanol–water partition coefficient (Wildman–Crippen LogP) is 3.71. The molecule has 2 heteroatoms. The van der Waals surface area contributed by atoms with Crippen LogP contribution >= 0.6 is 0 Å². The Kier molecular flexibility index (Phi) is 4.65. The van der Waals surface area contributed by atoms with Crippen molar-refractivity contribution < 1.29 is 4.74 Å². The van der Waals surface area contributed by atoms with Crippen LogP contribution in [0.4, 0.5) is 0 Å². The molecular formula is C16H25NO. The number of nitrogens with two attached hydrogens (primary N) is 1. The standard InChI is InChI=1S/C16H25NO/c1-12(2)13-6-8-15(9-7-13)18-11-10-14-4-3-5-16(14)17/h6-9,12,14,16H,3-5,10-11,17H2,1-2H3. The highest BCUT2D eigenvalue weighted by atomic mass is 16.5. The highest BCUT2D eigenvalue weighted by Gasteiger charge is 2.23. The minimum absolute atomic E-state index is 0.400. The molecule has 18 heavy (non-hydrogen) atoms. The van der Waals surface area contributed by atoms with Gasteiger partial charge in [-0.25, -0.2) is 0 Å². The van der Waals surface area contributed by atoms with Crippen LogP contribution < -0.4 is 10.5 Å². The Labute approximate surface area is 111 Å². The Morgan fingerprint density at radius 2 is 1.94 bits per heavy atom. The zero-order valence-corrected chi connectivity index (χ0v) is 11.6. The van der Waals surface area contributed by atoms with Crippen LogP contribution in [0.15, 0.2) is 24.3 Å². The summed E-state index contributed by atoms with van der Waals surface area (Å²) in [4.78, 5) is 0. The van der Waals surface area contributed by atoms with E-state index in [0.717, 1.165) is 18.8 Å². The number of rotatable bonds is 5. The molecule has 1 aromatic carbocycles. The van der Waals surface area contributed by atoms with Gasteiger partial charge in [0.1, 0.15) is 5.75 Å². The van der Waals surface area contributed by atoms with E-state index in [4.69, 9.17) is 10.5 Å². The summed E-state index contributed by atoms with van der Waals surface area (Å²) in [6.45, 7) is 5.20. The first-order chi connectivity index (χ1) is 8.66. The molecule has 0 amide bonds. The molecule has 2 nitrogen and oxygen atoms in total. The van der Waals surface area contributed by atoms with Gasteiger partial charge >= 0.3 is 0 Å². The molecule has 2 unspecified atom stereocenters. The van der Waals surface area contributed by atoms with E-state index in [-0.39, 0.29) is 0 Å². The van der Waals surface area contributed by atoms with Crippen molar-refractivity contribution in [1.82, 2.24) is 0 Å². The maximum atomic E-state index is 6.06. The topological polar surface area (TPSA) is 35.2 Å². The molecule has 2 N–H and O–H groups in total. The lowest BCUT2D eigenvalue weighted by Crippen LogP contribution is -2.25. The first-order valence-corrected chi connectivity index (χ1v) is 7.15. The van der Waals surface area contributed by atoms with Crippen molar-refractivity contribution in [2.75, 3.05) is 6.61 Å². The van der Waals surface area contributed by atoms with Crippen LogP contribution in [0, 0.1) is 5.92 Å². The highest BCUT2D eigenvalue weighted by molar-refractivity contribution is 5.28. The molecule has 1 aromatic rings. The van der Waals surface area contributed by atoms with Crippen LogP contribution in [-0.4, -0.2) is 12.6 Å². The zero-order chi connectivity index (χ0) is 13.0. The lowest BCUT2D eigenvalue weighted by molar-refractivity contribution is 0.271. The molecule has 0 bridgehead atoms. The van der Waals surface area contributed by atoms with Crippen molar-refractivity contribution in [2.24, 2.45) is 11.7 Å². The van der Waals surface area contributed by atoms with Gasteiger partial charge < -0.3 is 10.5 Å². The van der Waals surface area contributed by atoms with Crippen molar-refractivity contribution in [2.45, 2.75) is 51.5 Å². The molecule has 1 aliphatic carbocycles. The van der Waals surface area contributed by atoms with Crippen LogP contribution in [0.25, 0.3) is 0 Å². The fraction of sp³-hybridized carbons (Fsp3) is 0.625. The number of ether oxygens (including phenoxy) is 1. The normalized spacial score (nSPS) is 23.6. The van der Waals surface area contributed by atoms with Crippen LogP contribution in [0.1, 0.15) is 51.0 Å². The minimum atomic E-state index is 0.400. The Morgan fingerprint density at radius 1 is 1.22 bits per heavy atom. The Morgan fingerprint density at radius 3 is 2.50 bits per heavy atom. The van der Waals surface area contributed by atoms with E-state index in [0.29, 0.717) is 17.9 Å². The van der Waals surface area contributed by atoms with Crippen molar-refractivity contribution in [3.8, 4) is 5.75 Å². The quantitative estimate of drug-likeness (QED) is 0.861. The van der Waals surface area contributed by atoms with Crippen LogP contribution in [-0.2, 0) is 0 Å². The summed E-state index contributed by atoms with van der Waals surface area (Å²) < 4.78 is 5.80. The molecule has 1 aliphatic rings. The summed E-state index contributed by atoms with van der Waals surface area (Å²) in [6.07, 6.45) is 4.84. The Hall–Kier alpha value is -1.02. The van der Waals surface area contributed by atoms with Crippen molar-refractivity contribution in [1.29, 1.82) is 0 Å². The average molecular weight is 247 g/mol. The molecule has 0 radical (unpaired) electrons. The highest BCUT2D eigenvalue weighted by Crippen LogP contribution is 2.27. The molecule has 100 valence electrons. The van der Waals surface area contributed by atoms with Gasteiger partial charge in [-0.1, -0.05) is 32.4 Å². The monoisotopic (exact) mass is 247 g/mol. The third-order valence-corrected chi connectivity index (χ3v) is 4.02. The molecule has 0 aliphatic heterocycles. The third-order valence-electron chi connectivity index (χ3n) is 4.02. The van der Waals surface area contributed by atoms with E-state index in [2.05, 4.69) is 38.1 Å². The van der Waals surface area contributed by atoms with Gasteiger partial charge in [0.2, 0.25) is 0 Å². The second kappa shape index (κ2) is 6.24. The van der Waals surface area contributed by atoms with Gasteiger partial charge in [-0.15, -0.1) is 0 Å². The second-order valence-corrected chi connectivity index (χ2v) is 5.72. The molecule has 1 fully saturated rings. The maximum Gasteiger partial charge on any atom is 0.119 e. The summed E-state index contributed by atoms with van der Waals surface area (Å²) >= 11 is 0. The molecule has 0 heterocycles. The molecule has 1 saturated carbocycles. The van der Waals surface area contributed by atoms with Gasteiger partial charge in [0.25, 0.3) is 0 Å². The molecular weight excluding hydrogens is 222 g/mol. The summed E-state index contributed by atoms with van der Waals surface area (Å²) in [5.74, 6) is 2.22. The molecule has 2 atom stereocenters. The van der Waals surface area contributed by atoms with E-state index < -0.39 is 0 Å². The van der Waals surface area contributed by atoms with Gasteiger partial charge in [0.05, 0.1) is 6.61 Å². The van der Waals surface area contributed by atoms with Gasteiger partial charge in [0, 0.05) is 6.04 Å². The van der Waals surface area contributed by atoms with E-state index in [1.54, 1.807) is 0 Å². The number of hydrogen-bond acceptors (Lipinski definition) is 2. The second-order valence-electron chi connectivity index (χ2n) is 5.72. The third kappa shape index (κ3) is 3.49. The van der Waals surface area contributed by atoms with Crippen LogP contribution in [0.5, 0.6) is 5.75 Å². The van der Waals surface area contributed by atoms with E-state index in [1.165, 1.54) is 24.8 Å². The van der Waals surface area contributed by atoms with Crippen molar-refractivity contribution in [3.63, 3.8) is 0 Å². The lowest BCUT2D eigenvalue weighted by Gasteiger charge is -2.15. The molecule has 0 spiro atoms. The van der Waals surface area contributed by atoms with Crippen LogP contribution in [0.2, 0.25) is 0 Å². The maximum absolute atomic E-state index is 6.06. The Balaban J connectivity index is 1.76. The SMILES string of the molecule is CC(C)c1ccc(OCCC2CCCC2N)cc1. The summed E-state index contributed by atoms with van der Waals surface area (Å²) in [7, 11) is 0. The van der Waals surface area contributed by atoms with E-state index in [9.17, 15) is 0 Å². The predicted molar refractivity (Wildman–Crippen MR) is 76.0 cm³/mol. The van der Waals surface area contributed by atoms with Crippen LogP contribution in [0.3, 0.4) is 0 Å². The summed E-state index contributed by atoms with van der Waals surface area (Å²) in [5.41, 5.74) is 7.42. The average Bonchev–Trinajstić information content (AvgIpc) is 2.76. The van der Waals surface area contributed by atoms with Gasteiger partial charge in [0.15, 0.2) is 0 Å². The van der Waals surface area contributed by atoms with Gasteiger partial charge in [-0.05, 0) is 48.8 Å². The smallest absolute Gasteiger partial charge is 0.119 e. The first kappa shape index (κ1) is 13.4. The Bertz CT molecular complexity index is 358. The first-order valence-electron chi connectivity index (χ1n) is 7.15. The summed E-state index contributed by atoms with van der Waals surface area (Å²) in [6, 6.07) is 8.85. The molecule has 2 rings (SSSR count). The molecule has 0 aromatic heterocycles. The fourth-order valence-electron chi connectivity index (χ4n) is 2.70. The number of hydrogen-bond donors (Lipinski definition) is 1. The molecule has 0 saturated heterocycles.